The number of nitrogens with one attached hydrogen (secondary N) is 1. The molecule has 2 rings (SSSR count). The Morgan fingerprint density at radius 1 is 1.11 bits per heavy atom. The maximum Gasteiger partial charge on any atom is 0.344 e. The zero-order chi connectivity index (χ0) is 20.8. The minimum Gasteiger partial charge on any atom is -0.495 e. The molecule has 150 valence electrons. The summed E-state index contributed by atoms with van der Waals surface area (Å²) in [5.74, 6) is -0.0510. The number of rotatable bonds is 7. The number of anilines is 1. The molecule has 0 saturated heterocycles. The lowest BCUT2D eigenvalue weighted by Crippen LogP contribution is -2.31. The number of hydrogen-bond donors (Lipinski definition) is 1. The van der Waals surface area contributed by atoms with Crippen LogP contribution in [0.15, 0.2) is 30.3 Å². The Morgan fingerprint density at radius 3 is 2.36 bits per heavy atom. The van der Waals surface area contributed by atoms with Crippen LogP contribution in [0.25, 0.3) is 0 Å². The second kappa shape index (κ2) is 9.46. The quantitative estimate of drug-likeness (QED) is 0.698. The molecule has 1 amide bonds. The number of ether oxygens (including phenoxy) is 3. The summed E-state index contributed by atoms with van der Waals surface area (Å²) in [7, 11) is 1.48. The monoisotopic (exact) mass is 405 g/mol. The van der Waals surface area contributed by atoms with Gasteiger partial charge in [-0.05, 0) is 57.0 Å². The molecule has 0 aliphatic carbocycles. The summed E-state index contributed by atoms with van der Waals surface area (Å²) in [6.07, 6.45) is -1.01. The van der Waals surface area contributed by atoms with Crippen LogP contribution in [0.5, 0.6) is 11.5 Å². The maximum absolute atomic E-state index is 12.3. The van der Waals surface area contributed by atoms with Gasteiger partial charge in [-0.25, -0.2) is 4.79 Å². The van der Waals surface area contributed by atoms with Gasteiger partial charge in [0.25, 0.3) is 5.91 Å². The first-order valence-corrected chi connectivity index (χ1v) is 9.13. The van der Waals surface area contributed by atoms with Gasteiger partial charge in [0, 0.05) is 5.02 Å². The molecule has 2 aromatic carbocycles. The van der Waals surface area contributed by atoms with Crippen molar-refractivity contribution in [3.63, 3.8) is 0 Å². The van der Waals surface area contributed by atoms with Gasteiger partial charge in [-0.2, -0.15) is 0 Å². The Labute approximate surface area is 169 Å². The van der Waals surface area contributed by atoms with Gasteiger partial charge < -0.3 is 19.5 Å². The van der Waals surface area contributed by atoms with Gasteiger partial charge in [-0.3, -0.25) is 4.79 Å². The highest BCUT2D eigenvalue weighted by molar-refractivity contribution is 6.31. The first-order chi connectivity index (χ1) is 13.2. The molecule has 2 aromatic rings. The summed E-state index contributed by atoms with van der Waals surface area (Å²) in [5.41, 5.74) is 3.38. The molecular formula is C21H24ClNO5. The summed E-state index contributed by atoms with van der Waals surface area (Å²) in [6, 6.07) is 8.78. The van der Waals surface area contributed by atoms with E-state index >= 15 is 0 Å². The highest BCUT2D eigenvalue weighted by Gasteiger charge is 2.20. The van der Waals surface area contributed by atoms with Crippen molar-refractivity contribution in [2.45, 2.75) is 33.8 Å². The smallest absolute Gasteiger partial charge is 0.344 e. The Hall–Kier alpha value is -2.73. The molecule has 0 aromatic heterocycles. The number of carbonyl (C=O) groups is 2. The average molecular weight is 406 g/mol. The number of esters is 1. The van der Waals surface area contributed by atoms with Gasteiger partial charge in [0.1, 0.15) is 11.5 Å². The molecule has 1 atom stereocenters. The van der Waals surface area contributed by atoms with E-state index in [9.17, 15) is 9.59 Å². The van der Waals surface area contributed by atoms with Gasteiger partial charge in [0.15, 0.2) is 12.7 Å². The second-order valence-corrected chi connectivity index (χ2v) is 6.92. The van der Waals surface area contributed by atoms with Crippen LogP contribution in [0.2, 0.25) is 5.02 Å². The Morgan fingerprint density at radius 2 is 1.75 bits per heavy atom. The van der Waals surface area contributed by atoms with Crippen LogP contribution in [0.1, 0.15) is 23.6 Å². The molecule has 28 heavy (non-hydrogen) atoms. The van der Waals surface area contributed by atoms with E-state index in [4.69, 9.17) is 25.8 Å². The van der Waals surface area contributed by atoms with Crippen molar-refractivity contribution in [2.75, 3.05) is 19.0 Å². The summed E-state index contributed by atoms with van der Waals surface area (Å²) < 4.78 is 15.9. The van der Waals surface area contributed by atoms with Gasteiger partial charge in [-0.15, -0.1) is 0 Å². The van der Waals surface area contributed by atoms with Crippen LogP contribution < -0.4 is 14.8 Å². The van der Waals surface area contributed by atoms with Crippen LogP contribution in [-0.2, 0) is 14.3 Å². The van der Waals surface area contributed by atoms with E-state index in [1.165, 1.54) is 14.0 Å². The molecule has 7 heteroatoms. The number of benzene rings is 2. The van der Waals surface area contributed by atoms with Crippen molar-refractivity contribution in [3.8, 4) is 11.5 Å². The fourth-order valence-corrected chi connectivity index (χ4v) is 2.99. The second-order valence-electron chi connectivity index (χ2n) is 6.48. The summed E-state index contributed by atoms with van der Waals surface area (Å²) in [6.45, 7) is 7.01. The Kier molecular flexibility index (Phi) is 7.29. The molecule has 0 aliphatic heterocycles. The molecular weight excluding hydrogens is 382 g/mol. The first-order valence-electron chi connectivity index (χ1n) is 8.75. The van der Waals surface area contributed by atoms with Crippen LogP contribution in [0, 0.1) is 20.8 Å². The summed E-state index contributed by atoms with van der Waals surface area (Å²) in [4.78, 5) is 24.4. The van der Waals surface area contributed by atoms with E-state index in [1.807, 2.05) is 32.9 Å². The van der Waals surface area contributed by atoms with Crippen molar-refractivity contribution in [1.82, 2.24) is 0 Å². The van der Waals surface area contributed by atoms with Crippen molar-refractivity contribution < 1.29 is 23.8 Å². The van der Waals surface area contributed by atoms with Gasteiger partial charge in [0.05, 0.1) is 12.8 Å². The molecule has 6 nitrogen and oxygen atoms in total. The van der Waals surface area contributed by atoms with Crippen molar-refractivity contribution in [3.05, 3.63) is 52.0 Å². The molecule has 0 saturated carbocycles. The summed E-state index contributed by atoms with van der Waals surface area (Å²) >= 11 is 5.95. The minimum absolute atomic E-state index is 0.289. The third kappa shape index (κ3) is 5.63. The summed E-state index contributed by atoms with van der Waals surface area (Å²) in [5, 5.41) is 3.08. The molecule has 0 spiro atoms. The number of halogens is 1. The third-order valence-corrected chi connectivity index (χ3v) is 4.27. The highest BCUT2D eigenvalue weighted by atomic mass is 35.5. The molecule has 0 unspecified atom stereocenters. The lowest BCUT2D eigenvalue weighted by atomic mass is 10.1. The zero-order valence-electron chi connectivity index (χ0n) is 16.6. The molecule has 0 fully saturated rings. The van der Waals surface area contributed by atoms with E-state index in [0.717, 1.165) is 16.7 Å². The topological polar surface area (TPSA) is 73.9 Å². The van der Waals surface area contributed by atoms with E-state index in [2.05, 4.69) is 5.32 Å². The number of methoxy groups -OCH3 is 1. The van der Waals surface area contributed by atoms with Crippen molar-refractivity contribution in [2.24, 2.45) is 0 Å². The number of amides is 1. The molecule has 0 bridgehead atoms. The largest absolute Gasteiger partial charge is 0.495 e. The van der Waals surface area contributed by atoms with Gasteiger partial charge in [0.2, 0.25) is 0 Å². The first kappa shape index (κ1) is 21.6. The maximum atomic E-state index is 12.3. The fraction of sp³-hybridized carbons (Fsp3) is 0.333. The van der Waals surface area contributed by atoms with Gasteiger partial charge >= 0.3 is 5.97 Å². The predicted molar refractivity (Wildman–Crippen MR) is 108 cm³/mol. The SMILES string of the molecule is COc1ccc(Cl)cc1NC(=O)[C@@H](C)OC(=O)COc1c(C)cc(C)cc1C. The lowest BCUT2D eigenvalue weighted by Gasteiger charge is -2.16. The van der Waals surface area contributed by atoms with E-state index < -0.39 is 18.0 Å². The van der Waals surface area contributed by atoms with Crippen LogP contribution in [0.4, 0.5) is 5.69 Å². The van der Waals surface area contributed by atoms with Crippen molar-refractivity contribution in [1.29, 1.82) is 0 Å². The molecule has 0 heterocycles. The Bertz CT molecular complexity index is 858. The van der Waals surface area contributed by atoms with Crippen LogP contribution >= 0.6 is 11.6 Å². The van der Waals surface area contributed by atoms with E-state index in [-0.39, 0.29) is 6.61 Å². The van der Waals surface area contributed by atoms with Crippen LogP contribution in [0.3, 0.4) is 0 Å². The minimum atomic E-state index is -1.01. The normalized spacial score (nSPS) is 11.5. The molecule has 0 radical (unpaired) electrons. The number of aryl methyl sites for hydroxylation is 3. The predicted octanol–water partition coefficient (Wildman–Crippen LogP) is 4.22. The van der Waals surface area contributed by atoms with E-state index in [1.54, 1.807) is 18.2 Å². The zero-order valence-corrected chi connectivity index (χ0v) is 17.3. The fourth-order valence-electron chi connectivity index (χ4n) is 2.82. The Balaban J connectivity index is 1.93. The third-order valence-electron chi connectivity index (χ3n) is 4.04. The lowest BCUT2D eigenvalue weighted by molar-refractivity contribution is -0.155. The van der Waals surface area contributed by atoms with E-state index in [0.29, 0.717) is 22.2 Å². The van der Waals surface area contributed by atoms with Gasteiger partial charge in [-0.1, -0.05) is 29.3 Å². The average Bonchev–Trinajstić information content (AvgIpc) is 2.60. The highest BCUT2D eigenvalue weighted by Crippen LogP contribution is 2.28. The van der Waals surface area contributed by atoms with Crippen LogP contribution in [-0.4, -0.2) is 31.7 Å². The van der Waals surface area contributed by atoms with Crippen molar-refractivity contribution >= 4 is 29.2 Å². The standard InChI is InChI=1S/C21H24ClNO5/c1-12-8-13(2)20(14(3)9-12)27-11-19(24)28-15(4)21(25)23-17-10-16(22)6-7-18(17)26-5/h6-10,15H,11H2,1-5H3,(H,23,25)/t15-/m1/s1. The number of carbonyl (C=O) groups excluding carboxylic acids is 2. The number of hydrogen-bond acceptors (Lipinski definition) is 5. The molecule has 1 N–H and O–H groups in total. The molecule has 0 aliphatic rings.